The molecule has 0 spiro atoms. The van der Waals surface area contributed by atoms with Gasteiger partial charge in [-0.05, 0) is 47.6 Å². The number of phenolic OH excluding ortho intramolecular Hbond substituents is 1. The molecule has 0 saturated heterocycles. The van der Waals surface area contributed by atoms with Gasteiger partial charge in [0.1, 0.15) is 5.75 Å². The summed E-state index contributed by atoms with van der Waals surface area (Å²) in [5, 5.41) is 10.00. The van der Waals surface area contributed by atoms with Crippen LogP contribution in [0, 0.1) is 5.92 Å². The Morgan fingerprint density at radius 2 is 2.06 bits per heavy atom. The molecule has 0 amide bonds. The van der Waals surface area contributed by atoms with Crippen LogP contribution >= 0.6 is 11.6 Å². The number of hydrogen-bond donors (Lipinski definition) is 1. The monoisotopic (exact) mass is 264 g/mol. The van der Waals surface area contributed by atoms with Crippen LogP contribution in [-0.2, 0) is 11.2 Å². The fourth-order valence-electron chi connectivity index (χ4n) is 2.67. The van der Waals surface area contributed by atoms with E-state index in [0.29, 0.717) is 17.4 Å². The average Bonchev–Trinajstić information content (AvgIpc) is 2.75. The maximum Gasteiger partial charge on any atom is 0.156 e. The third-order valence-corrected chi connectivity index (χ3v) is 3.90. The number of carbonyl (C=O) groups excluding carboxylic acids is 1. The lowest BCUT2D eigenvalue weighted by molar-refractivity contribution is -0.115. The van der Waals surface area contributed by atoms with Crippen molar-refractivity contribution in [2.45, 2.75) is 33.1 Å². The van der Waals surface area contributed by atoms with Crippen LogP contribution in [-0.4, -0.2) is 10.9 Å². The van der Waals surface area contributed by atoms with Crippen molar-refractivity contribution in [1.82, 2.24) is 0 Å². The molecular weight excluding hydrogens is 248 g/mol. The summed E-state index contributed by atoms with van der Waals surface area (Å²) in [5.41, 5.74) is 3.14. The second-order valence-corrected chi connectivity index (χ2v) is 4.81. The Balaban J connectivity index is 0.000000574. The quantitative estimate of drug-likeness (QED) is 0.769. The first-order valence-electron chi connectivity index (χ1n) is 6.42. The first-order valence-corrected chi connectivity index (χ1v) is 6.79. The molecule has 2 nitrogen and oxygen atoms in total. The summed E-state index contributed by atoms with van der Waals surface area (Å²) in [6.07, 6.45) is 4.12. The smallest absolute Gasteiger partial charge is 0.156 e. The summed E-state index contributed by atoms with van der Waals surface area (Å²) in [6.45, 7) is 4.00. The Bertz CT molecular complexity index is 517. The van der Waals surface area contributed by atoms with Crippen LogP contribution in [0.2, 0.25) is 5.02 Å². The minimum absolute atomic E-state index is 0.131. The number of allylic oxidation sites excluding steroid dienone is 2. The highest BCUT2D eigenvalue weighted by Crippen LogP contribution is 2.46. The van der Waals surface area contributed by atoms with Crippen molar-refractivity contribution in [1.29, 1.82) is 0 Å². The van der Waals surface area contributed by atoms with E-state index in [2.05, 4.69) is 0 Å². The molecule has 1 N–H and O–H groups in total. The van der Waals surface area contributed by atoms with Gasteiger partial charge in [0.15, 0.2) is 5.78 Å². The molecule has 0 heterocycles. The number of rotatable bonds is 0. The van der Waals surface area contributed by atoms with Gasteiger partial charge in [0, 0.05) is 6.42 Å². The Morgan fingerprint density at radius 1 is 1.33 bits per heavy atom. The lowest BCUT2D eigenvalue weighted by Gasteiger charge is -2.15. The molecule has 18 heavy (non-hydrogen) atoms. The van der Waals surface area contributed by atoms with Gasteiger partial charge in [-0.1, -0.05) is 31.5 Å². The second-order valence-electron chi connectivity index (χ2n) is 4.43. The minimum atomic E-state index is 0.131. The summed E-state index contributed by atoms with van der Waals surface area (Å²) >= 11 is 6.08. The van der Waals surface area contributed by atoms with E-state index in [4.69, 9.17) is 11.6 Å². The van der Waals surface area contributed by atoms with Crippen molar-refractivity contribution < 1.29 is 9.90 Å². The lowest BCUT2D eigenvalue weighted by Crippen LogP contribution is -2.09. The maximum absolute atomic E-state index is 11.4. The predicted octanol–water partition coefficient (Wildman–Crippen LogP) is 3.99. The number of phenols is 1. The zero-order valence-corrected chi connectivity index (χ0v) is 11.4. The van der Waals surface area contributed by atoms with E-state index in [1.54, 1.807) is 12.1 Å². The molecule has 0 saturated carbocycles. The zero-order chi connectivity index (χ0) is 13.3. The highest BCUT2D eigenvalue weighted by Gasteiger charge is 2.32. The molecule has 1 aromatic rings. The van der Waals surface area contributed by atoms with Crippen LogP contribution < -0.4 is 0 Å². The highest BCUT2D eigenvalue weighted by molar-refractivity contribution is 6.33. The maximum atomic E-state index is 11.4. The van der Waals surface area contributed by atoms with Crippen LogP contribution in [0.4, 0.5) is 0 Å². The van der Waals surface area contributed by atoms with Gasteiger partial charge < -0.3 is 5.11 Å². The number of fused-ring (bicyclic) bond motifs is 3. The molecule has 0 aromatic heterocycles. The average molecular weight is 265 g/mol. The van der Waals surface area contributed by atoms with Gasteiger partial charge in [-0.15, -0.1) is 0 Å². The summed E-state index contributed by atoms with van der Waals surface area (Å²) in [6, 6.07) is 3.46. The fraction of sp³-hybridized carbons (Fsp3) is 0.400. The molecule has 0 aliphatic heterocycles. The Labute approximate surface area is 112 Å². The van der Waals surface area contributed by atoms with E-state index in [-0.39, 0.29) is 11.5 Å². The molecule has 3 heteroatoms. The third-order valence-electron chi connectivity index (χ3n) is 3.48. The largest absolute Gasteiger partial charge is 0.506 e. The molecule has 0 fully saturated rings. The number of halogens is 1. The normalized spacial score (nSPS) is 20.5. The van der Waals surface area contributed by atoms with Gasteiger partial charge in [-0.2, -0.15) is 0 Å². The van der Waals surface area contributed by atoms with Gasteiger partial charge in [0.25, 0.3) is 0 Å². The summed E-state index contributed by atoms with van der Waals surface area (Å²) in [7, 11) is 0. The topological polar surface area (TPSA) is 37.3 Å². The van der Waals surface area contributed by atoms with Crippen LogP contribution in [0.5, 0.6) is 5.75 Å². The molecule has 1 atom stereocenters. The van der Waals surface area contributed by atoms with Crippen LogP contribution in [0.3, 0.4) is 0 Å². The number of carbonyl (C=O) groups is 1. The fourth-order valence-corrected chi connectivity index (χ4v) is 2.91. The number of aromatic hydroxyl groups is 1. The molecule has 2 aliphatic carbocycles. The van der Waals surface area contributed by atoms with E-state index in [0.717, 1.165) is 29.5 Å². The van der Waals surface area contributed by atoms with E-state index in [1.807, 2.05) is 19.9 Å². The van der Waals surface area contributed by atoms with Crippen molar-refractivity contribution in [3.8, 4) is 5.75 Å². The van der Waals surface area contributed by atoms with Crippen molar-refractivity contribution in [3.63, 3.8) is 0 Å². The van der Waals surface area contributed by atoms with Gasteiger partial charge in [0.2, 0.25) is 0 Å². The molecule has 1 unspecified atom stereocenters. The highest BCUT2D eigenvalue weighted by atomic mass is 35.5. The standard InChI is InChI=1S/C13H11ClO2.C2H6/c14-13-11-5-7-1-2-8(15)6-10(7)9(11)3-4-12(13)16;1-2/h3-4,6-7,16H,1-2,5H2;1-2H3. The van der Waals surface area contributed by atoms with Gasteiger partial charge in [-0.3, -0.25) is 4.79 Å². The molecule has 1 aromatic carbocycles. The van der Waals surface area contributed by atoms with Crippen LogP contribution in [0.1, 0.15) is 37.8 Å². The molecule has 0 bridgehead atoms. The Hall–Kier alpha value is -1.28. The van der Waals surface area contributed by atoms with Crippen molar-refractivity contribution in [2.24, 2.45) is 5.92 Å². The van der Waals surface area contributed by atoms with E-state index in [1.165, 1.54) is 0 Å². The first-order chi connectivity index (χ1) is 8.66. The third kappa shape index (κ3) is 2.05. The minimum Gasteiger partial charge on any atom is -0.506 e. The van der Waals surface area contributed by atoms with Gasteiger partial charge in [0.05, 0.1) is 5.02 Å². The number of benzene rings is 1. The molecule has 3 rings (SSSR count). The Morgan fingerprint density at radius 3 is 2.78 bits per heavy atom. The van der Waals surface area contributed by atoms with Crippen LogP contribution in [0.15, 0.2) is 18.2 Å². The summed E-state index contributed by atoms with van der Waals surface area (Å²) in [5.74, 6) is 0.737. The van der Waals surface area contributed by atoms with E-state index < -0.39 is 0 Å². The SMILES string of the molecule is CC.O=C1C=C2c3ccc(O)c(Cl)c3CC2CC1. The van der Waals surface area contributed by atoms with Crippen molar-refractivity contribution in [2.75, 3.05) is 0 Å². The zero-order valence-electron chi connectivity index (χ0n) is 10.7. The molecule has 0 radical (unpaired) electrons. The first kappa shape index (κ1) is 13.2. The van der Waals surface area contributed by atoms with Crippen molar-refractivity contribution >= 4 is 23.0 Å². The summed E-state index contributed by atoms with van der Waals surface area (Å²) < 4.78 is 0. The van der Waals surface area contributed by atoms with Gasteiger partial charge in [-0.25, -0.2) is 0 Å². The summed E-state index contributed by atoms with van der Waals surface area (Å²) in [4.78, 5) is 11.4. The molecular formula is C15H17ClO2. The van der Waals surface area contributed by atoms with E-state index in [9.17, 15) is 9.90 Å². The van der Waals surface area contributed by atoms with Crippen LogP contribution in [0.25, 0.3) is 5.57 Å². The number of hydrogen-bond acceptors (Lipinski definition) is 2. The van der Waals surface area contributed by atoms with Crippen molar-refractivity contribution in [3.05, 3.63) is 34.4 Å². The second kappa shape index (κ2) is 5.15. The number of ketones is 1. The van der Waals surface area contributed by atoms with E-state index >= 15 is 0 Å². The molecule has 96 valence electrons. The molecule has 2 aliphatic rings. The Kier molecular flexibility index (Phi) is 3.76. The lowest BCUT2D eigenvalue weighted by atomic mass is 9.88. The predicted molar refractivity (Wildman–Crippen MR) is 73.9 cm³/mol. The van der Waals surface area contributed by atoms with Gasteiger partial charge >= 0.3 is 0 Å².